The number of anilines is 1. The number of aryl methyl sites for hydroxylation is 3. The van der Waals surface area contributed by atoms with Gasteiger partial charge in [0.05, 0.1) is 28.0 Å². The number of hydrogen-bond donors (Lipinski definition) is 1. The number of nitrogens with one attached hydrogen (secondary N) is 1. The van der Waals surface area contributed by atoms with Crippen molar-refractivity contribution in [2.75, 3.05) is 5.43 Å². The Labute approximate surface area is 180 Å². The molecule has 0 radical (unpaired) electrons. The molecule has 7 nitrogen and oxygen atoms in total. The van der Waals surface area contributed by atoms with E-state index in [-0.39, 0.29) is 5.56 Å². The molecule has 0 bridgehead atoms. The molecule has 2 aromatic carbocycles. The zero-order chi connectivity index (χ0) is 21.5. The van der Waals surface area contributed by atoms with Gasteiger partial charge in [0.15, 0.2) is 0 Å². The maximum atomic E-state index is 13.5. The third-order valence-corrected chi connectivity index (χ3v) is 5.93. The fraction of sp³-hybridized carbons (Fsp3) is 0.250. The molecule has 0 saturated carbocycles. The van der Waals surface area contributed by atoms with Gasteiger partial charge in [-0.25, -0.2) is 15.0 Å². The quantitative estimate of drug-likeness (QED) is 0.518. The number of para-hydroxylation sites is 1. The minimum atomic E-state index is -0.118. The van der Waals surface area contributed by atoms with Crippen molar-refractivity contribution in [2.24, 2.45) is 12.1 Å². The van der Waals surface area contributed by atoms with Crippen LogP contribution in [-0.2, 0) is 13.5 Å². The lowest BCUT2D eigenvalue weighted by Gasteiger charge is -2.17. The number of fused-ring (bicyclic) bond motifs is 2. The second-order valence-electron chi connectivity index (χ2n) is 8.00. The van der Waals surface area contributed by atoms with Gasteiger partial charge in [-0.05, 0) is 62.4 Å². The van der Waals surface area contributed by atoms with Crippen LogP contribution in [0, 0.1) is 13.8 Å². The Morgan fingerprint density at radius 3 is 2.77 bits per heavy atom. The number of benzene rings is 2. The topological polar surface area (TPSA) is 77.1 Å². The lowest BCUT2D eigenvalue weighted by atomic mass is 9.96. The molecule has 0 aliphatic heterocycles. The highest BCUT2D eigenvalue weighted by molar-refractivity contribution is 6.02. The van der Waals surface area contributed by atoms with Gasteiger partial charge < -0.3 is 0 Å². The molecule has 0 spiro atoms. The highest BCUT2D eigenvalue weighted by atomic mass is 16.1. The molecule has 0 unspecified atom stereocenters. The van der Waals surface area contributed by atoms with E-state index in [4.69, 9.17) is 4.98 Å². The second-order valence-corrected chi connectivity index (χ2v) is 8.00. The van der Waals surface area contributed by atoms with Gasteiger partial charge in [0.25, 0.3) is 5.56 Å². The summed E-state index contributed by atoms with van der Waals surface area (Å²) in [6.07, 6.45) is 4.81. The Bertz CT molecular complexity index is 1400. The van der Waals surface area contributed by atoms with Crippen molar-refractivity contribution in [3.05, 3.63) is 81.4 Å². The summed E-state index contributed by atoms with van der Waals surface area (Å²) >= 11 is 0. The van der Waals surface area contributed by atoms with Gasteiger partial charge in [0.2, 0.25) is 5.95 Å². The van der Waals surface area contributed by atoms with E-state index in [1.54, 1.807) is 4.57 Å². The summed E-state index contributed by atoms with van der Waals surface area (Å²) in [6.45, 7) is 4.06. The van der Waals surface area contributed by atoms with E-state index in [0.717, 1.165) is 53.0 Å². The van der Waals surface area contributed by atoms with E-state index in [9.17, 15) is 4.79 Å². The monoisotopic (exact) mass is 412 g/mol. The zero-order valence-corrected chi connectivity index (χ0v) is 17.9. The van der Waals surface area contributed by atoms with E-state index in [0.29, 0.717) is 16.9 Å². The Balaban J connectivity index is 1.68. The molecular formula is C24H24N6O. The van der Waals surface area contributed by atoms with Crippen LogP contribution in [0.3, 0.4) is 0 Å². The average Bonchev–Trinajstić information content (AvgIpc) is 3.15. The molecule has 0 fully saturated rings. The highest BCUT2D eigenvalue weighted by Crippen LogP contribution is 2.23. The van der Waals surface area contributed by atoms with Crippen molar-refractivity contribution in [2.45, 2.75) is 33.1 Å². The van der Waals surface area contributed by atoms with Gasteiger partial charge in [-0.2, -0.15) is 10.2 Å². The van der Waals surface area contributed by atoms with Gasteiger partial charge in [-0.3, -0.25) is 9.48 Å². The van der Waals surface area contributed by atoms with Crippen LogP contribution in [0.25, 0.3) is 16.6 Å². The van der Waals surface area contributed by atoms with Crippen molar-refractivity contribution in [3.63, 3.8) is 0 Å². The third kappa shape index (κ3) is 3.32. The van der Waals surface area contributed by atoms with Gasteiger partial charge in [-0.1, -0.05) is 24.3 Å². The summed E-state index contributed by atoms with van der Waals surface area (Å²) < 4.78 is 3.45. The molecule has 0 saturated heterocycles. The standard InChI is InChI=1S/C24H24N6O/c1-15-8-6-13-22(16(15)2)30-23(31)17-9-4-5-10-19(17)25-24(30)27-26-20-11-7-12-21-18(20)14-29(3)28-21/h4-6,8-10,13-14H,7,11-12H2,1-3H3,(H,25,27)/b26-20-. The lowest BCUT2D eigenvalue weighted by molar-refractivity contribution is 0.724. The average molecular weight is 412 g/mol. The van der Waals surface area contributed by atoms with Crippen LogP contribution in [0.1, 0.15) is 35.2 Å². The van der Waals surface area contributed by atoms with Crippen LogP contribution < -0.4 is 11.0 Å². The molecule has 4 aromatic rings. The first-order valence-corrected chi connectivity index (χ1v) is 10.5. The van der Waals surface area contributed by atoms with Gasteiger partial charge >= 0.3 is 0 Å². The van der Waals surface area contributed by atoms with Crippen LogP contribution in [0.2, 0.25) is 0 Å². The highest BCUT2D eigenvalue weighted by Gasteiger charge is 2.20. The molecule has 5 rings (SSSR count). The summed E-state index contributed by atoms with van der Waals surface area (Å²) in [7, 11) is 1.92. The van der Waals surface area contributed by atoms with Gasteiger partial charge in [-0.15, -0.1) is 0 Å². The SMILES string of the molecule is Cc1cccc(-n2c(N/N=C3/CCCc4nn(C)cc43)nc3ccccc3c2=O)c1C. The molecule has 2 heterocycles. The molecule has 1 aliphatic rings. The predicted octanol–water partition coefficient (Wildman–Crippen LogP) is 3.89. The summed E-state index contributed by atoms with van der Waals surface area (Å²) in [5.74, 6) is 0.404. The Hall–Kier alpha value is -3.74. The predicted molar refractivity (Wildman–Crippen MR) is 123 cm³/mol. The summed E-state index contributed by atoms with van der Waals surface area (Å²) in [5.41, 5.74) is 9.64. The van der Waals surface area contributed by atoms with E-state index < -0.39 is 0 Å². The minimum Gasteiger partial charge on any atom is -0.275 e. The second kappa shape index (κ2) is 7.50. The number of hydrogen-bond acceptors (Lipinski definition) is 5. The summed E-state index contributed by atoms with van der Waals surface area (Å²) in [5, 5.41) is 9.80. The van der Waals surface area contributed by atoms with E-state index in [1.165, 1.54) is 0 Å². The van der Waals surface area contributed by atoms with Crippen molar-refractivity contribution < 1.29 is 0 Å². The van der Waals surface area contributed by atoms with Crippen LogP contribution in [0.5, 0.6) is 0 Å². The maximum Gasteiger partial charge on any atom is 0.267 e. The first-order chi connectivity index (χ1) is 15.0. The van der Waals surface area contributed by atoms with Gasteiger partial charge in [0, 0.05) is 18.8 Å². The van der Waals surface area contributed by atoms with E-state index in [1.807, 2.05) is 74.2 Å². The van der Waals surface area contributed by atoms with Crippen LogP contribution in [0.4, 0.5) is 5.95 Å². The first-order valence-electron chi connectivity index (χ1n) is 10.5. The first kappa shape index (κ1) is 19.2. The molecule has 7 heteroatoms. The fourth-order valence-electron chi connectivity index (χ4n) is 4.16. The maximum absolute atomic E-state index is 13.5. The normalized spacial score (nSPS) is 14.7. The molecule has 156 valence electrons. The Morgan fingerprint density at radius 2 is 1.90 bits per heavy atom. The lowest BCUT2D eigenvalue weighted by Crippen LogP contribution is -2.24. The summed E-state index contributed by atoms with van der Waals surface area (Å²) in [4.78, 5) is 18.2. The fourth-order valence-corrected chi connectivity index (χ4v) is 4.16. The zero-order valence-electron chi connectivity index (χ0n) is 17.9. The van der Waals surface area contributed by atoms with Crippen molar-refractivity contribution in [1.29, 1.82) is 0 Å². The molecular weight excluding hydrogens is 388 g/mol. The molecule has 2 aromatic heterocycles. The number of hydrazone groups is 1. The van der Waals surface area contributed by atoms with Gasteiger partial charge in [0.1, 0.15) is 0 Å². The minimum absolute atomic E-state index is 0.118. The number of aromatic nitrogens is 4. The number of nitrogens with zero attached hydrogens (tertiary/aromatic N) is 5. The molecule has 0 amide bonds. The molecule has 1 aliphatic carbocycles. The van der Waals surface area contributed by atoms with Crippen LogP contribution in [0.15, 0.2) is 58.6 Å². The van der Waals surface area contributed by atoms with Crippen molar-refractivity contribution in [3.8, 4) is 5.69 Å². The van der Waals surface area contributed by atoms with Crippen molar-refractivity contribution in [1.82, 2.24) is 19.3 Å². The van der Waals surface area contributed by atoms with E-state index >= 15 is 0 Å². The Kier molecular flexibility index (Phi) is 4.66. The molecule has 0 atom stereocenters. The summed E-state index contributed by atoms with van der Waals surface area (Å²) in [6, 6.07) is 13.3. The Morgan fingerprint density at radius 1 is 1.06 bits per heavy atom. The molecule has 31 heavy (non-hydrogen) atoms. The third-order valence-electron chi connectivity index (χ3n) is 5.93. The van der Waals surface area contributed by atoms with E-state index in [2.05, 4.69) is 15.6 Å². The number of rotatable bonds is 3. The van der Waals surface area contributed by atoms with Crippen molar-refractivity contribution >= 4 is 22.6 Å². The van der Waals surface area contributed by atoms with Crippen LogP contribution >= 0.6 is 0 Å². The molecule has 1 N–H and O–H groups in total. The van der Waals surface area contributed by atoms with Crippen LogP contribution in [-0.4, -0.2) is 25.0 Å². The largest absolute Gasteiger partial charge is 0.275 e. The smallest absolute Gasteiger partial charge is 0.267 e.